The van der Waals surface area contributed by atoms with Crippen molar-refractivity contribution in [1.82, 2.24) is 19.5 Å². The summed E-state index contributed by atoms with van der Waals surface area (Å²) in [4.78, 5) is 36.2. The predicted octanol–water partition coefficient (Wildman–Crippen LogP) is 0.646. The van der Waals surface area contributed by atoms with Crippen LogP contribution in [0.2, 0.25) is 0 Å². The number of hydrogen-bond donors (Lipinski definition) is 3. The zero-order valence-corrected chi connectivity index (χ0v) is 17.8. The second-order valence-corrected chi connectivity index (χ2v) is 8.61. The number of hydrogen-bond acceptors (Lipinski definition) is 6. The molecule has 2 amide bonds. The third kappa shape index (κ3) is 5.69. The topological polar surface area (TPSA) is 144 Å². The van der Waals surface area contributed by atoms with E-state index in [2.05, 4.69) is 20.5 Å². The van der Waals surface area contributed by atoms with Gasteiger partial charge in [0.05, 0.1) is 17.5 Å². The van der Waals surface area contributed by atoms with Crippen molar-refractivity contribution < 1.29 is 18.0 Å². The van der Waals surface area contributed by atoms with Crippen LogP contribution in [0.15, 0.2) is 47.4 Å². The van der Waals surface area contributed by atoms with Crippen molar-refractivity contribution in [3.63, 3.8) is 0 Å². The van der Waals surface area contributed by atoms with Crippen LogP contribution < -0.4 is 21.0 Å². The van der Waals surface area contributed by atoms with E-state index in [1.54, 1.807) is 24.4 Å². The maximum Gasteiger partial charge on any atom is 0.350 e. The van der Waals surface area contributed by atoms with Crippen LogP contribution in [-0.2, 0) is 21.4 Å². The Bertz CT molecular complexity index is 1290. The first-order valence-corrected chi connectivity index (χ1v) is 11.2. The molecule has 3 rings (SSSR count). The summed E-state index contributed by atoms with van der Waals surface area (Å²) in [5.74, 6) is -0.853. The molecule has 1 aromatic carbocycles. The highest BCUT2D eigenvalue weighted by Crippen LogP contribution is 2.21. The molecule has 2 heterocycles. The van der Waals surface area contributed by atoms with Crippen molar-refractivity contribution in [2.24, 2.45) is 0 Å². The first kappa shape index (κ1) is 22.0. The molecule has 12 heteroatoms. The normalized spacial score (nSPS) is 11.3. The van der Waals surface area contributed by atoms with E-state index in [1.807, 2.05) is 0 Å². The lowest BCUT2D eigenvalue weighted by Gasteiger charge is -2.13. The van der Waals surface area contributed by atoms with Crippen LogP contribution in [0.1, 0.15) is 23.7 Å². The van der Waals surface area contributed by atoms with Gasteiger partial charge in [-0.3, -0.25) is 18.7 Å². The van der Waals surface area contributed by atoms with Crippen LogP contribution in [0, 0.1) is 0 Å². The van der Waals surface area contributed by atoms with Gasteiger partial charge in [-0.1, -0.05) is 6.07 Å². The van der Waals surface area contributed by atoms with E-state index < -0.39 is 15.9 Å². The molecule has 164 valence electrons. The number of rotatable bonds is 8. The van der Waals surface area contributed by atoms with Crippen LogP contribution in [0.4, 0.5) is 11.4 Å². The molecular weight excluding hydrogens is 424 g/mol. The van der Waals surface area contributed by atoms with Gasteiger partial charge in [-0.05, 0) is 36.8 Å². The lowest BCUT2D eigenvalue weighted by Crippen LogP contribution is -2.28. The van der Waals surface area contributed by atoms with Crippen molar-refractivity contribution in [2.75, 3.05) is 22.8 Å². The number of amides is 2. The number of benzene rings is 1. The summed E-state index contributed by atoms with van der Waals surface area (Å²) in [6, 6.07) is 9.51. The highest BCUT2D eigenvalue weighted by molar-refractivity contribution is 7.92. The number of anilines is 2. The van der Waals surface area contributed by atoms with Gasteiger partial charge >= 0.3 is 5.69 Å². The van der Waals surface area contributed by atoms with Gasteiger partial charge in [0, 0.05) is 31.9 Å². The Labute approximate surface area is 178 Å². The van der Waals surface area contributed by atoms with Crippen LogP contribution >= 0.6 is 0 Å². The third-order valence-corrected chi connectivity index (χ3v) is 4.79. The van der Waals surface area contributed by atoms with Gasteiger partial charge in [0.15, 0.2) is 5.65 Å². The van der Waals surface area contributed by atoms with Gasteiger partial charge in [0.1, 0.15) is 0 Å². The lowest BCUT2D eigenvalue weighted by atomic mass is 10.1. The summed E-state index contributed by atoms with van der Waals surface area (Å²) in [5, 5.41) is 9.46. The Hall–Kier alpha value is -3.67. The lowest BCUT2D eigenvalue weighted by molar-refractivity contribution is -0.114. The molecule has 0 spiro atoms. The van der Waals surface area contributed by atoms with Gasteiger partial charge in [-0.15, -0.1) is 5.10 Å². The number of carbonyl (C=O) groups excluding carboxylic acids is 2. The highest BCUT2D eigenvalue weighted by atomic mass is 32.2. The summed E-state index contributed by atoms with van der Waals surface area (Å²) in [6.45, 7) is 1.84. The third-order valence-electron chi connectivity index (χ3n) is 4.20. The van der Waals surface area contributed by atoms with E-state index >= 15 is 0 Å². The summed E-state index contributed by atoms with van der Waals surface area (Å²) in [7, 11) is -3.61. The smallest absolute Gasteiger partial charge is 0.350 e. The molecule has 3 N–H and O–H groups in total. The number of aromatic nitrogens is 3. The van der Waals surface area contributed by atoms with E-state index in [0.29, 0.717) is 24.3 Å². The molecule has 0 atom stereocenters. The van der Waals surface area contributed by atoms with Crippen molar-refractivity contribution in [1.29, 1.82) is 0 Å². The number of sulfonamides is 1. The van der Waals surface area contributed by atoms with Gasteiger partial charge in [0.2, 0.25) is 15.9 Å². The fourth-order valence-corrected chi connectivity index (χ4v) is 3.52. The average Bonchev–Trinajstić information content (AvgIpc) is 3.01. The van der Waals surface area contributed by atoms with Gasteiger partial charge in [-0.25, -0.2) is 17.9 Å². The predicted molar refractivity (Wildman–Crippen MR) is 116 cm³/mol. The van der Waals surface area contributed by atoms with Gasteiger partial charge in [0.25, 0.3) is 5.91 Å². The molecule has 0 radical (unpaired) electrons. The van der Waals surface area contributed by atoms with E-state index in [-0.39, 0.29) is 29.4 Å². The minimum Gasteiger partial charge on any atom is -0.352 e. The Morgan fingerprint density at radius 1 is 1.16 bits per heavy atom. The van der Waals surface area contributed by atoms with Crippen molar-refractivity contribution >= 4 is 38.9 Å². The number of carbonyl (C=O) groups is 2. The number of pyridine rings is 1. The van der Waals surface area contributed by atoms with Crippen LogP contribution in [-0.4, -0.2) is 47.2 Å². The highest BCUT2D eigenvalue weighted by Gasteiger charge is 2.15. The van der Waals surface area contributed by atoms with Crippen molar-refractivity contribution in [2.45, 2.75) is 19.9 Å². The maximum atomic E-state index is 12.7. The summed E-state index contributed by atoms with van der Waals surface area (Å²) in [6.07, 6.45) is 3.03. The molecule has 0 fully saturated rings. The zero-order chi connectivity index (χ0) is 22.6. The molecule has 11 nitrogen and oxygen atoms in total. The molecule has 0 saturated heterocycles. The minimum absolute atomic E-state index is 0.0570. The second kappa shape index (κ2) is 9.00. The second-order valence-electron chi connectivity index (χ2n) is 6.86. The number of nitrogens with zero attached hydrogens (tertiary/aromatic N) is 3. The Balaban J connectivity index is 1.68. The summed E-state index contributed by atoms with van der Waals surface area (Å²) in [5.41, 5.74) is 0.757. The van der Waals surface area contributed by atoms with E-state index in [1.165, 1.54) is 34.2 Å². The molecular formula is C19H22N6O5S. The number of aryl methyl sites for hydroxylation is 1. The van der Waals surface area contributed by atoms with Gasteiger partial charge in [-0.2, -0.15) is 0 Å². The fourth-order valence-electron chi connectivity index (χ4n) is 2.94. The summed E-state index contributed by atoms with van der Waals surface area (Å²) < 4.78 is 28.2. The molecule has 3 aromatic rings. The van der Waals surface area contributed by atoms with E-state index in [4.69, 9.17) is 0 Å². The quantitative estimate of drug-likeness (QED) is 0.433. The zero-order valence-electron chi connectivity index (χ0n) is 17.0. The minimum atomic E-state index is -3.61. The molecule has 0 unspecified atom stereocenters. The number of nitrogens with one attached hydrogen (secondary N) is 3. The number of fused-ring (bicyclic) bond motifs is 1. The van der Waals surface area contributed by atoms with Crippen LogP contribution in [0.25, 0.3) is 5.65 Å². The summed E-state index contributed by atoms with van der Waals surface area (Å²) >= 11 is 0. The Morgan fingerprint density at radius 3 is 2.61 bits per heavy atom. The first-order chi connectivity index (χ1) is 14.6. The Kier molecular flexibility index (Phi) is 6.39. The molecule has 2 aromatic heterocycles. The monoisotopic (exact) mass is 446 g/mol. The van der Waals surface area contributed by atoms with E-state index in [9.17, 15) is 22.8 Å². The van der Waals surface area contributed by atoms with Crippen LogP contribution in [0.3, 0.4) is 0 Å². The standard InChI is InChI=1S/C19H22N6O5S/c1-13(26)21-14-7-8-16(23-31(2,29)30)15(12-14)18(27)20-9-5-11-25-19(28)24-10-4-3-6-17(24)22-25/h3-4,6-8,10,12,23H,5,9,11H2,1-2H3,(H,20,27)(H,21,26). The van der Waals surface area contributed by atoms with E-state index in [0.717, 1.165) is 6.26 Å². The first-order valence-electron chi connectivity index (χ1n) is 9.36. The molecule has 0 aliphatic heterocycles. The average molecular weight is 446 g/mol. The van der Waals surface area contributed by atoms with Crippen molar-refractivity contribution in [3.8, 4) is 0 Å². The molecule has 0 aliphatic rings. The molecule has 0 saturated carbocycles. The van der Waals surface area contributed by atoms with Gasteiger partial charge < -0.3 is 10.6 Å². The molecule has 31 heavy (non-hydrogen) atoms. The van der Waals surface area contributed by atoms with Crippen LogP contribution in [0.5, 0.6) is 0 Å². The van der Waals surface area contributed by atoms with Crippen molar-refractivity contribution in [3.05, 3.63) is 58.6 Å². The molecule has 0 aliphatic carbocycles. The fraction of sp³-hybridized carbons (Fsp3) is 0.263. The largest absolute Gasteiger partial charge is 0.352 e. The Morgan fingerprint density at radius 2 is 1.94 bits per heavy atom. The molecule has 0 bridgehead atoms. The maximum absolute atomic E-state index is 12.7. The SMILES string of the molecule is CC(=O)Nc1ccc(NS(C)(=O)=O)c(C(=O)NCCCn2nc3ccccn3c2=O)c1.